The molecule has 0 aliphatic rings. The van der Waals surface area contributed by atoms with E-state index in [-0.39, 0.29) is 10.9 Å². The first-order valence-corrected chi connectivity index (χ1v) is 7.43. The van der Waals surface area contributed by atoms with Gasteiger partial charge >= 0.3 is 0 Å². The van der Waals surface area contributed by atoms with Gasteiger partial charge in [0, 0.05) is 18.8 Å². The number of carbonyl (C=O) groups excluding carboxylic acids is 1. The van der Waals surface area contributed by atoms with Gasteiger partial charge in [-0.05, 0) is 74.9 Å². The molecular weight excluding hydrogens is 447 g/mol. The van der Waals surface area contributed by atoms with Gasteiger partial charge < -0.3 is 5.32 Å². The fraction of sp³-hybridized carbons (Fsp3) is 0. The van der Waals surface area contributed by atoms with E-state index in [0.717, 1.165) is 3.57 Å². The summed E-state index contributed by atoms with van der Waals surface area (Å²) in [7, 11) is 0. The van der Waals surface area contributed by atoms with E-state index in [1.807, 2.05) is 6.07 Å². The van der Waals surface area contributed by atoms with Crippen LogP contribution in [0.25, 0.3) is 0 Å². The molecule has 0 saturated carbocycles. The van der Waals surface area contributed by atoms with E-state index in [0.29, 0.717) is 15.7 Å². The van der Waals surface area contributed by atoms with Crippen molar-refractivity contribution < 1.29 is 9.18 Å². The number of amides is 1. The zero-order valence-electron chi connectivity index (χ0n) is 9.38. The summed E-state index contributed by atoms with van der Waals surface area (Å²) < 4.78 is 14.8. The Labute approximate surface area is 136 Å². The summed E-state index contributed by atoms with van der Waals surface area (Å²) in [5.74, 6) is -0.823. The van der Waals surface area contributed by atoms with E-state index < -0.39 is 5.82 Å². The third kappa shape index (κ3) is 3.90. The summed E-state index contributed by atoms with van der Waals surface area (Å²) in [6, 6.07) is 9.28. The molecule has 0 radical (unpaired) electrons. The van der Waals surface area contributed by atoms with E-state index in [4.69, 9.17) is 11.6 Å². The van der Waals surface area contributed by atoms with Gasteiger partial charge in [-0.1, -0.05) is 11.6 Å². The molecule has 0 aliphatic carbocycles. The highest BCUT2D eigenvalue weighted by Crippen LogP contribution is 2.22. The number of nitrogens with one attached hydrogen (secondary N) is 1. The average molecular weight is 454 g/mol. The van der Waals surface area contributed by atoms with Crippen LogP contribution in [0.2, 0.25) is 5.02 Å². The fourth-order valence-corrected chi connectivity index (χ4v) is 2.64. The molecule has 1 N–H and O–H groups in total. The summed E-state index contributed by atoms with van der Waals surface area (Å²) in [5, 5.41) is 2.84. The highest BCUT2D eigenvalue weighted by molar-refractivity contribution is 14.1. The van der Waals surface area contributed by atoms with E-state index in [1.54, 1.807) is 12.1 Å². The lowest BCUT2D eigenvalue weighted by Gasteiger charge is -2.08. The van der Waals surface area contributed by atoms with Crippen molar-refractivity contribution in [2.75, 3.05) is 5.32 Å². The van der Waals surface area contributed by atoms with Crippen LogP contribution in [0, 0.1) is 9.39 Å². The predicted molar refractivity (Wildman–Crippen MR) is 86.2 cm³/mol. The van der Waals surface area contributed by atoms with Crippen molar-refractivity contribution in [2.24, 2.45) is 0 Å². The van der Waals surface area contributed by atoms with Crippen molar-refractivity contribution in [3.05, 3.63) is 60.8 Å². The van der Waals surface area contributed by atoms with Crippen LogP contribution in [0.4, 0.5) is 10.1 Å². The van der Waals surface area contributed by atoms with Gasteiger partial charge in [0.1, 0.15) is 5.82 Å². The molecule has 19 heavy (non-hydrogen) atoms. The van der Waals surface area contributed by atoms with Gasteiger partial charge in [-0.2, -0.15) is 0 Å². The molecule has 0 aromatic heterocycles. The Morgan fingerprint density at radius 2 is 2.00 bits per heavy atom. The predicted octanol–water partition coefficient (Wildman–Crippen LogP) is 5.10. The van der Waals surface area contributed by atoms with Gasteiger partial charge in [0.05, 0.1) is 5.56 Å². The van der Waals surface area contributed by atoms with Crippen molar-refractivity contribution in [3.8, 4) is 0 Å². The van der Waals surface area contributed by atoms with Gasteiger partial charge in [-0.15, -0.1) is 0 Å². The minimum atomic E-state index is -0.496. The molecule has 0 bridgehead atoms. The minimum Gasteiger partial charge on any atom is -0.322 e. The van der Waals surface area contributed by atoms with E-state index in [9.17, 15) is 9.18 Å². The number of hydrogen-bond acceptors (Lipinski definition) is 1. The molecule has 0 atom stereocenters. The molecule has 2 rings (SSSR count). The number of rotatable bonds is 2. The first-order valence-electron chi connectivity index (χ1n) is 5.18. The lowest BCUT2D eigenvalue weighted by Crippen LogP contribution is -2.13. The van der Waals surface area contributed by atoms with Crippen LogP contribution in [0.5, 0.6) is 0 Å². The second-order valence-corrected chi connectivity index (χ2v) is 6.27. The second kappa shape index (κ2) is 6.19. The molecule has 98 valence electrons. The van der Waals surface area contributed by atoms with Crippen LogP contribution in [-0.2, 0) is 0 Å². The summed E-state index contributed by atoms with van der Waals surface area (Å²) in [6.07, 6.45) is 0. The maximum Gasteiger partial charge on any atom is 0.256 e. The first-order chi connectivity index (χ1) is 8.95. The highest BCUT2D eigenvalue weighted by Gasteiger charge is 2.11. The lowest BCUT2D eigenvalue weighted by molar-refractivity contribution is 0.102. The molecule has 2 aromatic carbocycles. The maximum absolute atomic E-state index is 13.2. The van der Waals surface area contributed by atoms with Crippen molar-refractivity contribution in [1.29, 1.82) is 0 Å². The summed E-state index contributed by atoms with van der Waals surface area (Å²) >= 11 is 11.2. The topological polar surface area (TPSA) is 29.1 Å². The largest absolute Gasteiger partial charge is 0.322 e. The highest BCUT2D eigenvalue weighted by atomic mass is 127. The number of carbonyl (C=O) groups is 1. The van der Waals surface area contributed by atoms with Crippen molar-refractivity contribution in [2.45, 2.75) is 0 Å². The van der Waals surface area contributed by atoms with Crippen LogP contribution < -0.4 is 5.32 Å². The number of hydrogen-bond donors (Lipinski definition) is 1. The van der Waals surface area contributed by atoms with Crippen molar-refractivity contribution in [1.82, 2.24) is 0 Å². The van der Waals surface area contributed by atoms with Crippen LogP contribution >= 0.6 is 50.1 Å². The van der Waals surface area contributed by atoms with Crippen LogP contribution in [0.15, 0.2) is 40.9 Å². The Balaban J connectivity index is 2.28. The SMILES string of the molecule is O=C(Nc1cc(F)cc(Cl)c1)c1cc(I)ccc1Br. The van der Waals surface area contributed by atoms with Gasteiger partial charge in [0.25, 0.3) is 5.91 Å². The molecule has 0 heterocycles. The Kier molecular flexibility index (Phi) is 4.81. The number of halogens is 4. The Bertz CT molecular complexity index is 630. The Hall–Kier alpha value is -0.660. The monoisotopic (exact) mass is 453 g/mol. The standard InChI is InChI=1S/C13H7BrClFINO/c14-12-2-1-9(17)6-11(12)13(19)18-10-4-7(15)3-8(16)5-10/h1-6H,(H,18,19). The third-order valence-corrected chi connectivity index (χ3v) is 3.87. The first kappa shape index (κ1) is 14.7. The molecule has 0 saturated heterocycles. The molecule has 2 aromatic rings. The van der Waals surface area contributed by atoms with Crippen molar-refractivity contribution >= 4 is 61.7 Å². The number of benzene rings is 2. The molecule has 0 aliphatic heterocycles. The van der Waals surface area contributed by atoms with Gasteiger partial charge in [0.15, 0.2) is 0 Å². The summed E-state index contributed by atoms with van der Waals surface area (Å²) in [4.78, 5) is 12.1. The molecule has 1 amide bonds. The van der Waals surface area contributed by atoms with Crippen molar-refractivity contribution in [3.63, 3.8) is 0 Å². The molecule has 0 spiro atoms. The van der Waals surface area contributed by atoms with Gasteiger partial charge in [-0.25, -0.2) is 4.39 Å². The van der Waals surface area contributed by atoms with Gasteiger partial charge in [0.2, 0.25) is 0 Å². The Morgan fingerprint density at radius 3 is 2.68 bits per heavy atom. The molecular formula is C13H7BrClFINO. The van der Waals surface area contributed by atoms with E-state index in [2.05, 4.69) is 43.8 Å². The maximum atomic E-state index is 13.2. The van der Waals surface area contributed by atoms with E-state index >= 15 is 0 Å². The zero-order valence-corrected chi connectivity index (χ0v) is 13.9. The van der Waals surface area contributed by atoms with Crippen LogP contribution in [-0.4, -0.2) is 5.91 Å². The summed E-state index contributed by atoms with van der Waals surface area (Å²) in [5.41, 5.74) is 0.799. The van der Waals surface area contributed by atoms with Crippen LogP contribution in [0.1, 0.15) is 10.4 Å². The quantitative estimate of drug-likeness (QED) is 0.629. The molecule has 0 fully saturated rings. The number of anilines is 1. The van der Waals surface area contributed by atoms with Gasteiger partial charge in [-0.3, -0.25) is 4.79 Å². The second-order valence-electron chi connectivity index (χ2n) is 3.74. The molecule has 2 nitrogen and oxygen atoms in total. The van der Waals surface area contributed by atoms with E-state index in [1.165, 1.54) is 18.2 Å². The third-order valence-electron chi connectivity index (χ3n) is 2.29. The molecule has 0 unspecified atom stereocenters. The Morgan fingerprint density at radius 1 is 1.26 bits per heavy atom. The minimum absolute atomic E-state index is 0.233. The summed E-state index contributed by atoms with van der Waals surface area (Å²) in [6.45, 7) is 0. The smallest absolute Gasteiger partial charge is 0.256 e. The fourth-order valence-electron chi connectivity index (χ4n) is 1.50. The zero-order chi connectivity index (χ0) is 14.0. The molecule has 6 heteroatoms. The lowest BCUT2D eigenvalue weighted by atomic mass is 10.2. The average Bonchev–Trinajstić information content (AvgIpc) is 2.30. The normalized spacial score (nSPS) is 10.3. The van der Waals surface area contributed by atoms with Crippen LogP contribution in [0.3, 0.4) is 0 Å².